The molecule has 1 heterocycles. The zero-order chi connectivity index (χ0) is 10.5. The zero-order valence-electron chi connectivity index (χ0n) is 10.3. The highest BCUT2D eigenvalue weighted by atomic mass is 15.2. The molecule has 1 spiro atoms. The van der Waals surface area contributed by atoms with Crippen molar-refractivity contribution >= 4 is 0 Å². The summed E-state index contributed by atoms with van der Waals surface area (Å²) in [4.78, 5) is 2.81. The van der Waals surface area contributed by atoms with Gasteiger partial charge in [0.05, 0.1) is 0 Å². The van der Waals surface area contributed by atoms with Crippen molar-refractivity contribution in [2.75, 3.05) is 13.1 Å². The fourth-order valence-corrected chi connectivity index (χ4v) is 3.89. The molecule has 1 saturated heterocycles. The van der Waals surface area contributed by atoms with E-state index in [9.17, 15) is 0 Å². The number of hydrogen-bond donors (Lipinski definition) is 0. The standard InChI is InChI=1S/C14H25N/c1-11(2)12-8-14(9-12)6-7-15(10-14)13-4-3-5-13/h11-13H,3-10H2,1-2H3. The first kappa shape index (κ1) is 10.1. The normalized spacial score (nSPS) is 42.2. The smallest absolute Gasteiger partial charge is 0.00955 e. The molecule has 1 nitrogen and oxygen atoms in total. The average molecular weight is 207 g/mol. The fourth-order valence-electron chi connectivity index (χ4n) is 3.89. The van der Waals surface area contributed by atoms with E-state index in [-0.39, 0.29) is 0 Å². The van der Waals surface area contributed by atoms with Gasteiger partial charge in [0, 0.05) is 12.6 Å². The highest BCUT2D eigenvalue weighted by Gasteiger charge is 2.50. The van der Waals surface area contributed by atoms with Crippen LogP contribution >= 0.6 is 0 Å². The van der Waals surface area contributed by atoms with Crippen molar-refractivity contribution in [2.45, 2.75) is 58.4 Å². The molecule has 3 fully saturated rings. The van der Waals surface area contributed by atoms with Gasteiger partial charge in [0.1, 0.15) is 0 Å². The molecular formula is C14H25N. The second-order valence-electron chi connectivity index (χ2n) is 6.72. The summed E-state index contributed by atoms with van der Waals surface area (Å²) in [5.74, 6) is 1.97. The van der Waals surface area contributed by atoms with Crippen molar-refractivity contribution < 1.29 is 0 Å². The molecule has 2 saturated carbocycles. The van der Waals surface area contributed by atoms with Crippen molar-refractivity contribution in [2.24, 2.45) is 17.3 Å². The maximum Gasteiger partial charge on any atom is 0.00955 e. The molecule has 0 atom stereocenters. The van der Waals surface area contributed by atoms with Gasteiger partial charge in [-0.1, -0.05) is 20.3 Å². The van der Waals surface area contributed by atoms with Gasteiger partial charge in [0.25, 0.3) is 0 Å². The molecule has 0 aromatic heterocycles. The first-order chi connectivity index (χ1) is 7.19. The Morgan fingerprint density at radius 2 is 1.93 bits per heavy atom. The Labute approximate surface area is 94.2 Å². The van der Waals surface area contributed by atoms with Crippen LogP contribution in [0.5, 0.6) is 0 Å². The van der Waals surface area contributed by atoms with E-state index >= 15 is 0 Å². The summed E-state index contributed by atoms with van der Waals surface area (Å²) < 4.78 is 0. The lowest BCUT2D eigenvalue weighted by molar-refractivity contribution is 0.0236. The highest BCUT2D eigenvalue weighted by Crippen LogP contribution is 2.54. The van der Waals surface area contributed by atoms with Gasteiger partial charge >= 0.3 is 0 Å². The third-order valence-corrected chi connectivity index (χ3v) is 5.39. The van der Waals surface area contributed by atoms with Crippen LogP contribution in [0.25, 0.3) is 0 Å². The molecule has 2 aliphatic carbocycles. The maximum absolute atomic E-state index is 2.81. The van der Waals surface area contributed by atoms with Crippen molar-refractivity contribution in [3.63, 3.8) is 0 Å². The van der Waals surface area contributed by atoms with Crippen LogP contribution in [0.4, 0.5) is 0 Å². The summed E-state index contributed by atoms with van der Waals surface area (Å²) in [6.45, 7) is 7.66. The van der Waals surface area contributed by atoms with Crippen LogP contribution in [0.1, 0.15) is 52.4 Å². The average Bonchev–Trinajstić information content (AvgIpc) is 2.42. The highest BCUT2D eigenvalue weighted by molar-refractivity contribution is 5.02. The van der Waals surface area contributed by atoms with Gasteiger partial charge < -0.3 is 0 Å². The van der Waals surface area contributed by atoms with E-state index in [1.165, 1.54) is 51.6 Å². The lowest BCUT2D eigenvalue weighted by atomic mass is 9.58. The first-order valence-electron chi connectivity index (χ1n) is 6.93. The van der Waals surface area contributed by atoms with Crippen molar-refractivity contribution in [3.05, 3.63) is 0 Å². The summed E-state index contributed by atoms with van der Waals surface area (Å²) >= 11 is 0. The van der Waals surface area contributed by atoms with E-state index in [0.29, 0.717) is 0 Å². The molecule has 0 aromatic rings. The summed E-state index contributed by atoms with van der Waals surface area (Å²) in [6.07, 6.45) is 9.05. The minimum atomic E-state index is 0.782. The lowest BCUT2D eigenvalue weighted by Gasteiger charge is -2.48. The minimum absolute atomic E-state index is 0.782. The molecule has 0 N–H and O–H groups in total. The second kappa shape index (κ2) is 3.48. The molecule has 15 heavy (non-hydrogen) atoms. The molecule has 0 bridgehead atoms. The van der Waals surface area contributed by atoms with Crippen molar-refractivity contribution in [3.8, 4) is 0 Å². The Bertz CT molecular complexity index is 236. The van der Waals surface area contributed by atoms with Gasteiger partial charge in [-0.05, 0) is 55.9 Å². The Morgan fingerprint density at radius 3 is 2.47 bits per heavy atom. The molecular weight excluding hydrogens is 182 g/mol. The molecule has 3 rings (SSSR count). The van der Waals surface area contributed by atoms with Gasteiger partial charge in [-0.15, -0.1) is 0 Å². The van der Waals surface area contributed by atoms with Gasteiger partial charge in [-0.2, -0.15) is 0 Å². The Hall–Kier alpha value is -0.0400. The van der Waals surface area contributed by atoms with Crippen LogP contribution < -0.4 is 0 Å². The molecule has 0 amide bonds. The third-order valence-electron chi connectivity index (χ3n) is 5.39. The predicted molar refractivity (Wildman–Crippen MR) is 63.8 cm³/mol. The predicted octanol–water partition coefficient (Wildman–Crippen LogP) is 3.30. The number of hydrogen-bond acceptors (Lipinski definition) is 1. The van der Waals surface area contributed by atoms with E-state index < -0.39 is 0 Å². The second-order valence-corrected chi connectivity index (χ2v) is 6.72. The van der Waals surface area contributed by atoms with E-state index in [0.717, 1.165) is 23.3 Å². The van der Waals surface area contributed by atoms with E-state index in [4.69, 9.17) is 0 Å². The van der Waals surface area contributed by atoms with E-state index in [1.54, 1.807) is 0 Å². The summed E-state index contributed by atoms with van der Waals surface area (Å²) in [7, 11) is 0. The van der Waals surface area contributed by atoms with Crippen LogP contribution in [0, 0.1) is 17.3 Å². The fraction of sp³-hybridized carbons (Fsp3) is 1.00. The molecule has 1 aliphatic heterocycles. The van der Waals surface area contributed by atoms with Gasteiger partial charge in [-0.25, -0.2) is 0 Å². The van der Waals surface area contributed by atoms with Crippen LogP contribution in [0.15, 0.2) is 0 Å². The van der Waals surface area contributed by atoms with Gasteiger partial charge in [0.2, 0.25) is 0 Å². The minimum Gasteiger partial charge on any atom is -0.300 e. The van der Waals surface area contributed by atoms with Crippen molar-refractivity contribution in [1.82, 2.24) is 4.90 Å². The molecule has 0 aromatic carbocycles. The largest absolute Gasteiger partial charge is 0.300 e. The third kappa shape index (κ3) is 1.63. The number of rotatable bonds is 2. The first-order valence-corrected chi connectivity index (χ1v) is 6.93. The molecule has 1 heteroatoms. The van der Waals surface area contributed by atoms with E-state index in [1.807, 2.05) is 0 Å². The Balaban J connectivity index is 1.53. The van der Waals surface area contributed by atoms with Crippen LogP contribution in [0.2, 0.25) is 0 Å². The Morgan fingerprint density at radius 1 is 1.20 bits per heavy atom. The lowest BCUT2D eigenvalue weighted by Crippen LogP contribution is -2.45. The number of likely N-dealkylation sites (tertiary alicyclic amines) is 1. The molecule has 86 valence electrons. The molecule has 0 radical (unpaired) electrons. The molecule has 3 aliphatic rings. The summed E-state index contributed by atoms with van der Waals surface area (Å²) in [6, 6.07) is 0.988. The monoisotopic (exact) mass is 207 g/mol. The quantitative estimate of drug-likeness (QED) is 0.671. The van der Waals surface area contributed by atoms with Gasteiger partial charge in [0.15, 0.2) is 0 Å². The van der Waals surface area contributed by atoms with Crippen LogP contribution in [-0.2, 0) is 0 Å². The van der Waals surface area contributed by atoms with Crippen molar-refractivity contribution in [1.29, 1.82) is 0 Å². The van der Waals surface area contributed by atoms with E-state index in [2.05, 4.69) is 18.7 Å². The maximum atomic E-state index is 2.81. The summed E-state index contributed by atoms with van der Waals surface area (Å²) in [5.41, 5.74) is 0.782. The van der Waals surface area contributed by atoms with Crippen LogP contribution in [-0.4, -0.2) is 24.0 Å². The topological polar surface area (TPSA) is 3.24 Å². The Kier molecular flexibility index (Phi) is 2.35. The number of nitrogens with zero attached hydrogens (tertiary/aromatic N) is 1. The van der Waals surface area contributed by atoms with Gasteiger partial charge in [-0.3, -0.25) is 4.90 Å². The zero-order valence-corrected chi connectivity index (χ0v) is 10.3. The molecule has 0 unspecified atom stereocenters. The SMILES string of the molecule is CC(C)C1CC2(CCN(C3CCC3)C2)C1. The summed E-state index contributed by atoms with van der Waals surface area (Å²) in [5, 5.41) is 0. The van der Waals surface area contributed by atoms with Crippen LogP contribution in [0.3, 0.4) is 0 Å².